The van der Waals surface area contributed by atoms with Crippen molar-refractivity contribution < 1.29 is 10.3 Å². The van der Waals surface area contributed by atoms with Gasteiger partial charge in [0.15, 0.2) is 5.78 Å². The van der Waals surface area contributed by atoms with E-state index >= 15 is 0 Å². The quantitative estimate of drug-likeness (QED) is 0.746. The van der Waals surface area contributed by atoms with E-state index in [4.69, 9.17) is 0 Å². The minimum absolute atomic E-state index is 0. The van der Waals surface area contributed by atoms with Gasteiger partial charge in [-0.3, -0.25) is 4.79 Å². The van der Waals surface area contributed by atoms with Crippen LogP contribution in [0.3, 0.4) is 0 Å². The Bertz CT molecular complexity index is 475. The number of rotatable bonds is 2. The Kier molecular flexibility index (Phi) is 7.32. The van der Waals surface area contributed by atoms with Crippen molar-refractivity contribution in [3.63, 3.8) is 0 Å². The van der Waals surface area contributed by atoms with E-state index in [-0.39, 0.29) is 11.3 Å². The molecule has 0 atom stereocenters. The van der Waals surface area contributed by atoms with Gasteiger partial charge in [0.05, 0.1) is 0 Å². The Morgan fingerprint density at radius 3 is 1.89 bits per heavy atom. The molecular weight excluding hydrogens is 224 g/mol. The summed E-state index contributed by atoms with van der Waals surface area (Å²) in [7, 11) is 0. The summed E-state index contributed by atoms with van der Waals surface area (Å²) in [6, 6.07) is 17.0. The molecule has 0 fully saturated rings. The van der Waals surface area contributed by atoms with Gasteiger partial charge < -0.3 is 5.48 Å². The molecule has 2 nitrogen and oxygen atoms in total. The van der Waals surface area contributed by atoms with Crippen molar-refractivity contribution in [2.24, 2.45) is 0 Å². The van der Waals surface area contributed by atoms with Crippen LogP contribution < -0.4 is 0 Å². The molecule has 0 saturated heterocycles. The molecule has 0 radical (unpaired) electrons. The highest BCUT2D eigenvalue weighted by Gasteiger charge is 2.09. The fraction of sp³-hybridized carbons (Fsp3) is 0.188. The summed E-state index contributed by atoms with van der Waals surface area (Å²) >= 11 is 0. The average Bonchev–Trinajstić information content (AvgIpc) is 2.42. The van der Waals surface area contributed by atoms with Gasteiger partial charge in [-0.15, -0.1) is 0 Å². The molecule has 2 aromatic rings. The number of ketones is 1. The van der Waals surface area contributed by atoms with Crippen LogP contribution in [-0.2, 0) is 0 Å². The normalized spacial score (nSPS) is 8.61. The van der Waals surface area contributed by atoms with Gasteiger partial charge in [0.2, 0.25) is 0 Å². The molecular formula is C16H20O2. The molecule has 18 heavy (non-hydrogen) atoms. The highest BCUT2D eigenvalue weighted by molar-refractivity contribution is 6.09. The predicted octanol–water partition coefficient (Wildman–Crippen LogP) is 3.43. The fourth-order valence-electron chi connectivity index (χ4n) is 1.57. The average molecular weight is 244 g/mol. The lowest BCUT2D eigenvalue weighted by Crippen LogP contribution is -2.02. The topological polar surface area (TPSA) is 48.6 Å². The van der Waals surface area contributed by atoms with Crippen molar-refractivity contribution >= 4 is 5.78 Å². The maximum atomic E-state index is 12.1. The van der Waals surface area contributed by atoms with Gasteiger partial charge >= 0.3 is 0 Å². The zero-order valence-electron chi connectivity index (χ0n) is 11.1. The molecule has 2 aromatic carbocycles. The maximum absolute atomic E-state index is 12.1. The van der Waals surface area contributed by atoms with Crippen molar-refractivity contribution in [1.29, 1.82) is 0 Å². The lowest BCUT2D eigenvalue weighted by molar-refractivity contribution is 0.103. The Morgan fingerprint density at radius 2 is 1.33 bits per heavy atom. The first-order chi connectivity index (χ1) is 8.29. The molecule has 0 aliphatic carbocycles. The monoisotopic (exact) mass is 244 g/mol. The molecule has 0 aliphatic rings. The number of aryl methyl sites for hydroxylation is 1. The van der Waals surface area contributed by atoms with E-state index in [0.29, 0.717) is 0 Å². The van der Waals surface area contributed by atoms with Crippen LogP contribution >= 0.6 is 0 Å². The number of benzene rings is 2. The molecule has 0 aromatic heterocycles. The smallest absolute Gasteiger partial charge is 0.193 e. The molecule has 2 rings (SSSR count). The van der Waals surface area contributed by atoms with Crippen molar-refractivity contribution in [3.8, 4) is 0 Å². The molecule has 0 aliphatic heterocycles. The maximum Gasteiger partial charge on any atom is 0.193 e. The van der Waals surface area contributed by atoms with E-state index in [1.165, 1.54) is 0 Å². The molecule has 96 valence electrons. The minimum Gasteiger partial charge on any atom is -0.412 e. The third-order valence-corrected chi connectivity index (χ3v) is 2.43. The Labute approximate surface area is 109 Å². The van der Waals surface area contributed by atoms with Crippen LogP contribution in [0.15, 0.2) is 54.6 Å². The molecule has 0 unspecified atom stereocenters. The summed E-state index contributed by atoms with van der Waals surface area (Å²) in [6.07, 6.45) is 0. The molecule has 2 heteroatoms. The number of carbonyl (C=O) groups is 1. The predicted molar refractivity (Wildman–Crippen MR) is 76.0 cm³/mol. The second kappa shape index (κ2) is 8.20. The lowest BCUT2D eigenvalue weighted by Gasteiger charge is -2.03. The van der Waals surface area contributed by atoms with Crippen LogP contribution in [0.4, 0.5) is 0 Å². The van der Waals surface area contributed by atoms with Crippen LogP contribution in [0.5, 0.6) is 0 Å². The van der Waals surface area contributed by atoms with Gasteiger partial charge in [0, 0.05) is 11.1 Å². The summed E-state index contributed by atoms with van der Waals surface area (Å²) in [5, 5.41) is 0. The Morgan fingerprint density at radius 1 is 0.833 bits per heavy atom. The number of hydrogen-bond acceptors (Lipinski definition) is 1. The second-order valence-electron chi connectivity index (χ2n) is 3.51. The largest absolute Gasteiger partial charge is 0.412 e. The number of carbonyl (C=O) groups excluding carboxylic acids is 1. The first kappa shape index (κ1) is 16.1. The first-order valence-electron chi connectivity index (χ1n) is 5.94. The van der Waals surface area contributed by atoms with E-state index in [0.717, 1.165) is 16.7 Å². The Balaban J connectivity index is 0.000000917. The highest BCUT2D eigenvalue weighted by Crippen LogP contribution is 2.13. The van der Waals surface area contributed by atoms with Gasteiger partial charge in [-0.1, -0.05) is 68.4 Å². The zero-order valence-corrected chi connectivity index (χ0v) is 11.1. The standard InChI is InChI=1S/C14H12O.C2H6.H2O/c1-11-7-5-6-10-13(11)14(15)12-8-3-2-4-9-12;1-2;/h2-10H,1H3;1-2H3;1H2. The van der Waals surface area contributed by atoms with Crippen molar-refractivity contribution in [2.75, 3.05) is 0 Å². The molecule has 0 spiro atoms. The Hall–Kier alpha value is -1.93. The molecule has 0 heterocycles. The van der Waals surface area contributed by atoms with Crippen LogP contribution in [0.25, 0.3) is 0 Å². The van der Waals surface area contributed by atoms with E-state index in [2.05, 4.69) is 0 Å². The minimum atomic E-state index is 0. The van der Waals surface area contributed by atoms with Crippen LogP contribution in [0.1, 0.15) is 35.3 Å². The van der Waals surface area contributed by atoms with Crippen molar-refractivity contribution in [3.05, 3.63) is 71.3 Å². The van der Waals surface area contributed by atoms with Gasteiger partial charge in [0.25, 0.3) is 0 Å². The van der Waals surface area contributed by atoms with E-state index in [1.54, 1.807) is 0 Å². The summed E-state index contributed by atoms with van der Waals surface area (Å²) in [5.74, 6) is 0.0914. The molecule has 0 bridgehead atoms. The van der Waals surface area contributed by atoms with Crippen molar-refractivity contribution in [2.45, 2.75) is 20.8 Å². The third kappa shape index (κ3) is 3.82. The van der Waals surface area contributed by atoms with E-state index in [1.807, 2.05) is 75.4 Å². The lowest BCUT2D eigenvalue weighted by atomic mass is 9.99. The van der Waals surface area contributed by atoms with Crippen LogP contribution in [0.2, 0.25) is 0 Å². The van der Waals surface area contributed by atoms with Gasteiger partial charge in [-0.2, -0.15) is 0 Å². The summed E-state index contributed by atoms with van der Waals surface area (Å²) in [4.78, 5) is 12.1. The van der Waals surface area contributed by atoms with E-state index < -0.39 is 0 Å². The van der Waals surface area contributed by atoms with Crippen LogP contribution in [0, 0.1) is 6.92 Å². The van der Waals surface area contributed by atoms with Gasteiger partial charge in [-0.05, 0) is 12.5 Å². The van der Waals surface area contributed by atoms with Crippen LogP contribution in [-0.4, -0.2) is 11.3 Å². The molecule has 0 amide bonds. The SMILES string of the molecule is CC.Cc1ccccc1C(=O)c1ccccc1.O. The van der Waals surface area contributed by atoms with Gasteiger partial charge in [0.1, 0.15) is 0 Å². The molecule has 0 saturated carbocycles. The van der Waals surface area contributed by atoms with Crippen molar-refractivity contribution in [1.82, 2.24) is 0 Å². The van der Waals surface area contributed by atoms with E-state index in [9.17, 15) is 4.79 Å². The fourth-order valence-corrected chi connectivity index (χ4v) is 1.57. The summed E-state index contributed by atoms with van der Waals surface area (Å²) in [5.41, 5.74) is 2.54. The third-order valence-electron chi connectivity index (χ3n) is 2.43. The molecule has 2 N–H and O–H groups in total. The second-order valence-corrected chi connectivity index (χ2v) is 3.51. The van der Waals surface area contributed by atoms with Gasteiger partial charge in [-0.25, -0.2) is 0 Å². The number of hydrogen-bond donors (Lipinski definition) is 0. The summed E-state index contributed by atoms with van der Waals surface area (Å²) < 4.78 is 0. The zero-order chi connectivity index (χ0) is 12.7. The highest BCUT2D eigenvalue weighted by atomic mass is 16.1. The summed E-state index contributed by atoms with van der Waals surface area (Å²) in [6.45, 7) is 5.95. The first-order valence-corrected chi connectivity index (χ1v) is 5.94.